The number of halogens is 1. The molecular weight excluding hydrogens is 452 g/mol. The molecule has 0 spiro atoms. The molecule has 29 heavy (non-hydrogen) atoms. The van der Waals surface area contributed by atoms with Crippen LogP contribution in [0, 0.1) is 0 Å². The van der Waals surface area contributed by atoms with Gasteiger partial charge in [-0.05, 0) is 37.3 Å². The van der Waals surface area contributed by atoms with Crippen molar-refractivity contribution >= 4 is 56.3 Å². The molecule has 0 saturated heterocycles. The fraction of sp³-hybridized carbons (Fsp3) is 0.421. The first-order chi connectivity index (χ1) is 13.8. The summed E-state index contributed by atoms with van der Waals surface area (Å²) in [6, 6.07) is 8.31. The van der Waals surface area contributed by atoms with Crippen molar-refractivity contribution in [3.63, 3.8) is 0 Å². The lowest BCUT2D eigenvalue weighted by molar-refractivity contribution is -0.113. The van der Waals surface area contributed by atoms with Gasteiger partial charge in [-0.2, -0.15) is 4.31 Å². The van der Waals surface area contributed by atoms with Crippen molar-refractivity contribution in [3.8, 4) is 5.75 Å². The second-order valence-corrected chi connectivity index (χ2v) is 10.7. The largest absolute Gasteiger partial charge is 0.492 e. The summed E-state index contributed by atoms with van der Waals surface area (Å²) in [5, 5.41) is 2.78. The normalized spacial score (nSPS) is 11.6. The molecule has 1 aromatic carbocycles. The Kier molecular flexibility index (Phi) is 9.29. The van der Waals surface area contributed by atoms with E-state index < -0.39 is 10.0 Å². The highest BCUT2D eigenvalue weighted by Gasteiger charge is 2.23. The third kappa shape index (κ3) is 6.62. The van der Waals surface area contributed by atoms with Crippen LogP contribution >= 0.6 is 34.7 Å². The Morgan fingerprint density at radius 2 is 1.93 bits per heavy atom. The Morgan fingerprint density at radius 1 is 1.21 bits per heavy atom. The minimum Gasteiger partial charge on any atom is -0.492 e. The van der Waals surface area contributed by atoms with E-state index in [-0.39, 0.29) is 16.6 Å². The third-order valence-corrected chi connectivity index (χ3v) is 8.42. The van der Waals surface area contributed by atoms with Gasteiger partial charge < -0.3 is 10.1 Å². The zero-order valence-corrected chi connectivity index (χ0v) is 19.8. The van der Waals surface area contributed by atoms with E-state index in [2.05, 4.69) is 5.32 Å². The number of nitrogens with one attached hydrogen (secondary N) is 1. The van der Waals surface area contributed by atoms with Gasteiger partial charge in [0.1, 0.15) is 5.75 Å². The summed E-state index contributed by atoms with van der Waals surface area (Å²) < 4.78 is 33.2. The smallest absolute Gasteiger partial charge is 0.243 e. The summed E-state index contributed by atoms with van der Waals surface area (Å²) in [6.45, 7) is 6.55. The maximum atomic E-state index is 12.8. The van der Waals surface area contributed by atoms with E-state index in [0.717, 1.165) is 9.21 Å². The summed E-state index contributed by atoms with van der Waals surface area (Å²) in [5.74, 6) is 1.12. The van der Waals surface area contributed by atoms with Crippen molar-refractivity contribution in [2.24, 2.45) is 0 Å². The third-order valence-electron chi connectivity index (χ3n) is 3.97. The number of thioether (sulfide) groups is 1. The monoisotopic (exact) mass is 476 g/mol. The molecular formula is C19H25ClN2O4S3. The standard InChI is InChI=1S/C19H25ClN2O4S3/c1-4-22(5-2)29(24,25)15-8-9-17(26-6-3)16(11-15)21-19(23)13-27-12-14-7-10-18(20)28-14/h7-11H,4-6,12-13H2,1-3H3,(H,21,23). The number of ether oxygens (including phenoxy) is 1. The summed E-state index contributed by atoms with van der Waals surface area (Å²) in [4.78, 5) is 13.6. The molecule has 0 aliphatic carbocycles. The van der Waals surface area contributed by atoms with Crippen LogP contribution in [0.15, 0.2) is 35.2 Å². The van der Waals surface area contributed by atoms with Gasteiger partial charge in [-0.1, -0.05) is 25.4 Å². The van der Waals surface area contributed by atoms with Crippen molar-refractivity contribution in [2.45, 2.75) is 31.4 Å². The van der Waals surface area contributed by atoms with Gasteiger partial charge in [0.05, 0.1) is 27.3 Å². The number of rotatable bonds is 11. The van der Waals surface area contributed by atoms with Gasteiger partial charge in [-0.25, -0.2) is 8.42 Å². The van der Waals surface area contributed by atoms with Crippen LogP contribution in [0.4, 0.5) is 5.69 Å². The molecule has 1 heterocycles. The van der Waals surface area contributed by atoms with Gasteiger partial charge in [0.25, 0.3) is 0 Å². The lowest BCUT2D eigenvalue weighted by Crippen LogP contribution is -2.30. The number of carbonyl (C=O) groups excluding carboxylic acids is 1. The van der Waals surface area contributed by atoms with Gasteiger partial charge in [0.2, 0.25) is 15.9 Å². The number of nitrogens with zero attached hydrogens (tertiary/aromatic N) is 1. The first kappa shape index (κ1) is 24.0. The predicted octanol–water partition coefficient (Wildman–Crippen LogP) is 4.70. The number of hydrogen-bond donors (Lipinski definition) is 1. The van der Waals surface area contributed by atoms with Gasteiger partial charge in [0.15, 0.2) is 0 Å². The molecule has 2 aromatic rings. The quantitative estimate of drug-likeness (QED) is 0.508. The molecule has 2 rings (SSSR count). The van der Waals surface area contributed by atoms with E-state index in [1.165, 1.54) is 39.5 Å². The molecule has 0 aliphatic heterocycles. The Labute approximate surface area is 185 Å². The van der Waals surface area contributed by atoms with Gasteiger partial charge in [-0.3, -0.25) is 4.79 Å². The molecule has 0 saturated carbocycles. The molecule has 0 fully saturated rings. The molecule has 1 aromatic heterocycles. The van der Waals surface area contributed by atoms with Gasteiger partial charge in [-0.15, -0.1) is 23.1 Å². The van der Waals surface area contributed by atoms with E-state index in [4.69, 9.17) is 16.3 Å². The Bertz CT molecular complexity index is 927. The molecule has 6 nitrogen and oxygen atoms in total. The van der Waals surface area contributed by atoms with Crippen molar-refractivity contribution < 1.29 is 17.9 Å². The van der Waals surface area contributed by atoms with Gasteiger partial charge >= 0.3 is 0 Å². The fourth-order valence-electron chi connectivity index (χ4n) is 2.62. The number of anilines is 1. The highest BCUT2D eigenvalue weighted by Crippen LogP contribution is 2.30. The fourth-order valence-corrected chi connectivity index (χ4v) is 6.13. The van der Waals surface area contributed by atoms with Crippen molar-refractivity contribution in [1.82, 2.24) is 4.31 Å². The number of amides is 1. The molecule has 0 unspecified atom stereocenters. The molecule has 10 heteroatoms. The minimum absolute atomic E-state index is 0.126. The Morgan fingerprint density at radius 3 is 2.52 bits per heavy atom. The van der Waals surface area contributed by atoms with Crippen molar-refractivity contribution in [2.75, 3.05) is 30.8 Å². The minimum atomic E-state index is -3.63. The SMILES string of the molecule is CCOc1ccc(S(=O)(=O)N(CC)CC)cc1NC(=O)CSCc1ccc(Cl)s1. The number of thiophene rings is 1. The Balaban J connectivity index is 2.13. The first-order valence-corrected chi connectivity index (χ1v) is 13.0. The van der Waals surface area contributed by atoms with Crippen LogP contribution in [0.5, 0.6) is 5.75 Å². The molecule has 0 aliphatic rings. The van der Waals surface area contributed by atoms with Crippen molar-refractivity contribution in [3.05, 3.63) is 39.5 Å². The Hall–Kier alpha value is -1.26. The van der Waals surface area contributed by atoms with Crippen molar-refractivity contribution in [1.29, 1.82) is 0 Å². The summed E-state index contributed by atoms with van der Waals surface area (Å²) in [6.07, 6.45) is 0. The van der Waals surface area contributed by atoms with Gasteiger partial charge in [0, 0.05) is 23.7 Å². The summed E-state index contributed by atoms with van der Waals surface area (Å²) in [5.41, 5.74) is 0.352. The van der Waals surface area contributed by atoms with Crippen LogP contribution < -0.4 is 10.1 Å². The number of carbonyl (C=O) groups is 1. The zero-order valence-electron chi connectivity index (χ0n) is 16.6. The van der Waals surface area contributed by atoms with Crippen LogP contribution in [0.1, 0.15) is 25.6 Å². The van der Waals surface area contributed by atoms with Crippen LogP contribution in [-0.2, 0) is 20.6 Å². The highest BCUT2D eigenvalue weighted by atomic mass is 35.5. The lowest BCUT2D eigenvalue weighted by Gasteiger charge is -2.20. The molecule has 0 bridgehead atoms. The van der Waals surface area contributed by atoms with E-state index in [0.29, 0.717) is 36.9 Å². The van der Waals surface area contributed by atoms with E-state index in [1.807, 2.05) is 19.1 Å². The average molecular weight is 477 g/mol. The van der Waals surface area contributed by atoms with E-state index >= 15 is 0 Å². The molecule has 1 amide bonds. The average Bonchev–Trinajstić information content (AvgIpc) is 3.09. The van der Waals surface area contributed by atoms with Crippen LogP contribution in [0.25, 0.3) is 0 Å². The number of benzene rings is 1. The molecule has 160 valence electrons. The number of hydrogen-bond acceptors (Lipinski definition) is 6. The topological polar surface area (TPSA) is 75.7 Å². The number of sulfonamides is 1. The second-order valence-electron chi connectivity index (χ2n) is 5.93. The summed E-state index contributed by atoms with van der Waals surface area (Å²) in [7, 11) is -3.63. The van der Waals surface area contributed by atoms with Crippen LogP contribution in [-0.4, -0.2) is 44.1 Å². The zero-order chi connectivity index (χ0) is 21.4. The van der Waals surface area contributed by atoms with Crippen LogP contribution in [0.3, 0.4) is 0 Å². The predicted molar refractivity (Wildman–Crippen MR) is 122 cm³/mol. The molecule has 0 atom stereocenters. The van der Waals surface area contributed by atoms with Crippen LogP contribution in [0.2, 0.25) is 4.34 Å². The first-order valence-electron chi connectivity index (χ1n) is 9.20. The van der Waals surface area contributed by atoms with E-state index in [9.17, 15) is 13.2 Å². The lowest BCUT2D eigenvalue weighted by atomic mass is 10.3. The highest BCUT2D eigenvalue weighted by molar-refractivity contribution is 7.99. The molecule has 0 radical (unpaired) electrons. The van der Waals surface area contributed by atoms with E-state index in [1.54, 1.807) is 19.9 Å². The summed E-state index contributed by atoms with van der Waals surface area (Å²) >= 11 is 8.86. The molecule has 1 N–H and O–H groups in total. The maximum absolute atomic E-state index is 12.8. The second kappa shape index (κ2) is 11.2. The maximum Gasteiger partial charge on any atom is 0.243 e.